The molecule has 0 saturated heterocycles. The Morgan fingerprint density at radius 1 is 1.47 bits per heavy atom. The van der Waals surface area contributed by atoms with Gasteiger partial charge in [0.25, 0.3) is 0 Å². The second-order valence-corrected chi connectivity index (χ2v) is 4.75. The van der Waals surface area contributed by atoms with Crippen molar-refractivity contribution in [2.24, 2.45) is 0 Å². The van der Waals surface area contributed by atoms with E-state index in [9.17, 15) is 4.39 Å². The van der Waals surface area contributed by atoms with Gasteiger partial charge in [-0.2, -0.15) is 0 Å². The fourth-order valence-corrected chi connectivity index (χ4v) is 1.49. The maximum Gasteiger partial charge on any atom is 0.123 e. The molecule has 3 heteroatoms. The number of hydrogen-bond donors (Lipinski definition) is 1. The summed E-state index contributed by atoms with van der Waals surface area (Å²) in [6.45, 7) is 6.60. The fourth-order valence-electron chi connectivity index (χ4n) is 1.33. The van der Waals surface area contributed by atoms with Crippen LogP contribution in [0.15, 0.2) is 35.3 Å². The van der Waals surface area contributed by atoms with Crippen molar-refractivity contribution in [3.63, 3.8) is 0 Å². The highest BCUT2D eigenvalue weighted by molar-refractivity contribution is 9.11. The summed E-state index contributed by atoms with van der Waals surface area (Å²) in [5.74, 6) is -0.187. The van der Waals surface area contributed by atoms with E-state index in [2.05, 4.69) is 34.7 Å². The Hall–Kier alpha value is -0.670. The third-order valence-electron chi connectivity index (χ3n) is 2.10. The first-order valence-corrected chi connectivity index (χ1v) is 5.68. The first kappa shape index (κ1) is 12.4. The summed E-state index contributed by atoms with van der Waals surface area (Å²) in [6, 6.07) is 6.97. The van der Waals surface area contributed by atoms with Crippen molar-refractivity contribution in [1.29, 1.82) is 0 Å². The van der Waals surface area contributed by atoms with Gasteiger partial charge in [0.2, 0.25) is 0 Å². The molecule has 1 aromatic rings. The monoisotopic (exact) mass is 271 g/mol. The van der Waals surface area contributed by atoms with Gasteiger partial charge in [-0.3, -0.25) is 0 Å². The molecule has 0 radical (unpaired) electrons. The Labute approximate surface area is 98.5 Å². The Morgan fingerprint density at radius 3 is 2.60 bits per heavy atom. The van der Waals surface area contributed by atoms with Gasteiger partial charge >= 0.3 is 0 Å². The average molecular weight is 272 g/mol. The highest BCUT2D eigenvalue weighted by atomic mass is 79.9. The molecule has 0 spiro atoms. The van der Waals surface area contributed by atoms with Crippen molar-refractivity contribution in [2.75, 3.05) is 6.54 Å². The molecule has 1 N–H and O–H groups in total. The minimum absolute atomic E-state index is 0.187. The molecule has 0 fully saturated rings. The van der Waals surface area contributed by atoms with Crippen LogP contribution in [0.5, 0.6) is 0 Å². The maximum atomic E-state index is 12.6. The first-order chi connectivity index (χ1) is 7.08. The van der Waals surface area contributed by atoms with Gasteiger partial charge in [0.15, 0.2) is 0 Å². The van der Waals surface area contributed by atoms with E-state index in [0.29, 0.717) is 6.04 Å². The van der Waals surface area contributed by atoms with Crippen LogP contribution in [0.2, 0.25) is 0 Å². The van der Waals surface area contributed by atoms with Crippen LogP contribution in [0.1, 0.15) is 12.5 Å². The molecule has 0 heterocycles. The number of benzene rings is 1. The number of nitrogens with one attached hydrogen (secondary N) is 1. The molecular weight excluding hydrogens is 257 g/mol. The predicted molar refractivity (Wildman–Crippen MR) is 65.6 cm³/mol. The van der Waals surface area contributed by atoms with Crippen molar-refractivity contribution in [3.8, 4) is 0 Å². The molecule has 82 valence electrons. The first-order valence-electron chi connectivity index (χ1n) is 4.89. The summed E-state index contributed by atoms with van der Waals surface area (Å²) < 4.78 is 13.6. The van der Waals surface area contributed by atoms with E-state index in [1.54, 1.807) is 0 Å². The zero-order valence-electron chi connectivity index (χ0n) is 8.76. The van der Waals surface area contributed by atoms with Gasteiger partial charge in [-0.05, 0) is 31.0 Å². The topological polar surface area (TPSA) is 12.0 Å². The summed E-state index contributed by atoms with van der Waals surface area (Å²) >= 11 is 3.29. The number of hydrogen-bond acceptors (Lipinski definition) is 1. The molecule has 1 unspecified atom stereocenters. The Kier molecular flexibility index (Phi) is 4.99. The number of rotatable bonds is 5. The molecular formula is C12H15BrFN. The lowest BCUT2D eigenvalue weighted by Gasteiger charge is -2.13. The van der Waals surface area contributed by atoms with E-state index >= 15 is 0 Å². The molecule has 0 amide bonds. The van der Waals surface area contributed by atoms with Crippen LogP contribution in [0.3, 0.4) is 0 Å². The molecule has 0 bridgehead atoms. The lowest BCUT2D eigenvalue weighted by Crippen LogP contribution is -2.28. The van der Waals surface area contributed by atoms with E-state index in [4.69, 9.17) is 0 Å². The third-order valence-corrected chi connectivity index (χ3v) is 2.38. The van der Waals surface area contributed by atoms with Gasteiger partial charge in [0.1, 0.15) is 5.82 Å². The van der Waals surface area contributed by atoms with Gasteiger partial charge in [-0.15, -0.1) is 0 Å². The maximum absolute atomic E-state index is 12.6. The summed E-state index contributed by atoms with van der Waals surface area (Å²) in [5, 5.41) is 3.30. The second kappa shape index (κ2) is 6.03. The van der Waals surface area contributed by atoms with E-state index in [1.165, 1.54) is 12.1 Å². The van der Waals surface area contributed by atoms with Crippen molar-refractivity contribution in [3.05, 3.63) is 46.7 Å². The van der Waals surface area contributed by atoms with Crippen LogP contribution >= 0.6 is 15.9 Å². The second-order valence-electron chi connectivity index (χ2n) is 3.63. The molecule has 0 saturated carbocycles. The highest BCUT2D eigenvalue weighted by Crippen LogP contribution is 2.06. The lowest BCUT2D eigenvalue weighted by atomic mass is 10.1. The van der Waals surface area contributed by atoms with Gasteiger partial charge < -0.3 is 5.32 Å². The van der Waals surface area contributed by atoms with Gasteiger partial charge in [-0.1, -0.05) is 34.6 Å². The van der Waals surface area contributed by atoms with E-state index in [1.807, 2.05) is 12.1 Å². The third kappa shape index (κ3) is 5.09. The molecule has 0 aliphatic rings. The zero-order chi connectivity index (χ0) is 11.3. The minimum atomic E-state index is -0.187. The van der Waals surface area contributed by atoms with Gasteiger partial charge in [-0.25, -0.2) is 4.39 Å². The van der Waals surface area contributed by atoms with Gasteiger partial charge in [0.05, 0.1) is 0 Å². The van der Waals surface area contributed by atoms with Crippen molar-refractivity contribution in [2.45, 2.75) is 19.4 Å². The van der Waals surface area contributed by atoms with E-state index < -0.39 is 0 Å². The van der Waals surface area contributed by atoms with Crippen LogP contribution < -0.4 is 5.32 Å². The Balaban J connectivity index is 2.40. The Bertz CT molecular complexity index is 321. The van der Waals surface area contributed by atoms with Crippen LogP contribution in [0.4, 0.5) is 4.39 Å². The molecule has 1 rings (SSSR count). The zero-order valence-corrected chi connectivity index (χ0v) is 10.3. The quantitative estimate of drug-likeness (QED) is 0.867. The molecule has 0 aliphatic carbocycles. The fraction of sp³-hybridized carbons (Fsp3) is 0.333. The molecule has 1 atom stereocenters. The van der Waals surface area contributed by atoms with Crippen molar-refractivity contribution >= 4 is 15.9 Å². The van der Waals surface area contributed by atoms with Gasteiger partial charge in [0, 0.05) is 17.1 Å². The number of halogens is 2. The largest absolute Gasteiger partial charge is 0.309 e. The van der Waals surface area contributed by atoms with E-state index in [-0.39, 0.29) is 5.82 Å². The summed E-state index contributed by atoms with van der Waals surface area (Å²) in [5.41, 5.74) is 1.14. The van der Waals surface area contributed by atoms with Crippen LogP contribution in [0.25, 0.3) is 0 Å². The summed E-state index contributed by atoms with van der Waals surface area (Å²) in [7, 11) is 0. The van der Waals surface area contributed by atoms with Crippen LogP contribution in [0, 0.1) is 5.82 Å². The van der Waals surface area contributed by atoms with E-state index in [0.717, 1.165) is 23.0 Å². The molecule has 0 aromatic heterocycles. The standard InChI is InChI=1S/C12H15BrFN/c1-9(13)8-15-10(2)7-11-3-5-12(14)6-4-11/h3-6,10,15H,1,7-8H2,2H3. The summed E-state index contributed by atoms with van der Waals surface area (Å²) in [4.78, 5) is 0. The van der Waals surface area contributed by atoms with Crippen molar-refractivity contribution < 1.29 is 4.39 Å². The summed E-state index contributed by atoms with van der Waals surface area (Å²) in [6.07, 6.45) is 0.889. The SMILES string of the molecule is C=C(Br)CNC(C)Cc1ccc(F)cc1. The predicted octanol–water partition coefficient (Wildman–Crippen LogP) is 3.25. The van der Waals surface area contributed by atoms with Crippen LogP contribution in [-0.2, 0) is 6.42 Å². The smallest absolute Gasteiger partial charge is 0.123 e. The van der Waals surface area contributed by atoms with Crippen molar-refractivity contribution in [1.82, 2.24) is 5.32 Å². The molecule has 0 aliphatic heterocycles. The highest BCUT2D eigenvalue weighted by Gasteiger charge is 2.02. The molecule has 15 heavy (non-hydrogen) atoms. The minimum Gasteiger partial charge on any atom is -0.309 e. The van der Waals surface area contributed by atoms with Crippen LogP contribution in [-0.4, -0.2) is 12.6 Å². The normalized spacial score (nSPS) is 12.5. The Morgan fingerprint density at radius 2 is 2.07 bits per heavy atom. The lowest BCUT2D eigenvalue weighted by molar-refractivity contribution is 0.577. The average Bonchev–Trinajstić information content (AvgIpc) is 2.19. The molecule has 1 aromatic carbocycles. The molecule has 1 nitrogen and oxygen atoms in total.